The lowest BCUT2D eigenvalue weighted by molar-refractivity contribution is 0.0803. The van der Waals surface area contributed by atoms with Crippen molar-refractivity contribution in [1.82, 2.24) is 9.97 Å². The molecular weight excluding hydrogens is 390 g/mol. The van der Waals surface area contributed by atoms with Gasteiger partial charge in [0.2, 0.25) is 5.95 Å². The molecule has 0 amide bonds. The number of anilines is 1. The molecule has 0 bridgehead atoms. The van der Waals surface area contributed by atoms with Crippen molar-refractivity contribution >= 4 is 11.7 Å². The predicted octanol–water partition coefficient (Wildman–Crippen LogP) is 4.07. The first-order valence-corrected chi connectivity index (χ1v) is 10.2. The molecule has 0 radical (unpaired) electrons. The second kappa shape index (κ2) is 8.53. The SMILES string of the molecule is COc1cc2c(cc1OCC(F)F)C1CCCCC1N=C2c1cnc(N(C)C)nc1. The van der Waals surface area contributed by atoms with E-state index in [2.05, 4.69) is 9.97 Å². The number of hydrogen-bond acceptors (Lipinski definition) is 6. The lowest BCUT2D eigenvalue weighted by Gasteiger charge is -2.35. The van der Waals surface area contributed by atoms with Gasteiger partial charge in [-0.1, -0.05) is 12.8 Å². The highest BCUT2D eigenvalue weighted by Crippen LogP contribution is 2.44. The van der Waals surface area contributed by atoms with Crippen LogP contribution in [0.2, 0.25) is 0 Å². The number of aromatic nitrogens is 2. The summed E-state index contributed by atoms with van der Waals surface area (Å²) in [4.78, 5) is 15.8. The van der Waals surface area contributed by atoms with Crippen molar-refractivity contribution in [2.75, 3.05) is 32.7 Å². The van der Waals surface area contributed by atoms with Crippen LogP contribution in [-0.2, 0) is 0 Å². The average molecular weight is 416 g/mol. The van der Waals surface area contributed by atoms with Crippen molar-refractivity contribution in [3.8, 4) is 11.5 Å². The summed E-state index contributed by atoms with van der Waals surface area (Å²) in [6.45, 7) is -0.663. The number of benzene rings is 1. The fraction of sp³-hybridized carbons (Fsp3) is 0.500. The smallest absolute Gasteiger partial charge is 0.272 e. The Morgan fingerprint density at radius 2 is 1.83 bits per heavy atom. The molecular formula is C22H26F2N4O2. The Balaban J connectivity index is 1.80. The van der Waals surface area contributed by atoms with Gasteiger partial charge in [-0.3, -0.25) is 4.99 Å². The number of methoxy groups -OCH3 is 1. The molecule has 1 saturated carbocycles. The first-order valence-electron chi connectivity index (χ1n) is 10.2. The third-order valence-electron chi connectivity index (χ3n) is 5.69. The van der Waals surface area contributed by atoms with Gasteiger partial charge in [0.1, 0.15) is 6.61 Å². The second-order valence-electron chi connectivity index (χ2n) is 7.89. The highest BCUT2D eigenvalue weighted by molar-refractivity contribution is 6.14. The van der Waals surface area contributed by atoms with Gasteiger partial charge in [-0.15, -0.1) is 0 Å². The summed E-state index contributed by atoms with van der Waals surface area (Å²) in [7, 11) is 5.29. The number of fused-ring (bicyclic) bond motifs is 3. The van der Waals surface area contributed by atoms with Crippen molar-refractivity contribution in [3.63, 3.8) is 0 Å². The molecule has 1 aliphatic heterocycles. The van der Waals surface area contributed by atoms with Crippen LogP contribution >= 0.6 is 0 Å². The molecule has 1 aliphatic carbocycles. The Morgan fingerprint density at radius 3 is 2.50 bits per heavy atom. The van der Waals surface area contributed by atoms with Crippen LogP contribution in [0.3, 0.4) is 0 Å². The lowest BCUT2D eigenvalue weighted by Crippen LogP contribution is -2.30. The van der Waals surface area contributed by atoms with E-state index in [1.807, 2.05) is 31.1 Å². The summed E-state index contributed by atoms with van der Waals surface area (Å²) in [6.07, 6.45) is 5.30. The summed E-state index contributed by atoms with van der Waals surface area (Å²) in [5, 5.41) is 0. The van der Waals surface area contributed by atoms with E-state index in [-0.39, 0.29) is 12.0 Å². The summed E-state index contributed by atoms with van der Waals surface area (Å²) >= 11 is 0. The summed E-state index contributed by atoms with van der Waals surface area (Å²) in [5.41, 5.74) is 3.65. The third kappa shape index (κ3) is 3.95. The van der Waals surface area contributed by atoms with Gasteiger partial charge in [-0.05, 0) is 30.5 Å². The first-order chi connectivity index (χ1) is 14.5. The van der Waals surface area contributed by atoms with Crippen LogP contribution in [0, 0.1) is 0 Å². The number of aliphatic imine (C=N–C) groups is 1. The Hall–Kier alpha value is -2.77. The first kappa shape index (κ1) is 20.5. The molecule has 1 aromatic carbocycles. The molecule has 4 rings (SSSR count). The number of hydrogen-bond donors (Lipinski definition) is 0. The van der Waals surface area contributed by atoms with Gasteiger partial charge in [0.25, 0.3) is 6.43 Å². The topological polar surface area (TPSA) is 59.8 Å². The summed E-state index contributed by atoms with van der Waals surface area (Å²) < 4.78 is 36.3. The zero-order valence-electron chi connectivity index (χ0n) is 17.4. The van der Waals surface area contributed by atoms with E-state index in [9.17, 15) is 8.78 Å². The molecule has 2 aromatic rings. The predicted molar refractivity (Wildman–Crippen MR) is 111 cm³/mol. The van der Waals surface area contributed by atoms with Crippen LogP contribution in [-0.4, -0.2) is 56.0 Å². The number of halogens is 2. The van der Waals surface area contributed by atoms with Crippen molar-refractivity contribution in [2.24, 2.45) is 4.99 Å². The van der Waals surface area contributed by atoms with E-state index < -0.39 is 13.0 Å². The van der Waals surface area contributed by atoms with Gasteiger partial charge in [-0.25, -0.2) is 18.7 Å². The van der Waals surface area contributed by atoms with Gasteiger partial charge < -0.3 is 14.4 Å². The maximum atomic E-state index is 12.7. The van der Waals surface area contributed by atoms with E-state index in [1.54, 1.807) is 12.4 Å². The van der Waals surface area contributed by atoms with Crippen LogP contribution in [0.5, 0.6) is 11.5 Å². The zero-order valence-corrected chi connectivity index (χ0v) is 17.4. The second-order valence-corrected chi connectivity index (χ2v) is 7.89. The summed E-state index contributed by atoms with van der Waals surface area (Å²) in [6, 6.07) is 3.87. The van der Waals surface area contributed by atoms with Crippen molar-refractivity contribution in [1.29, 1.82) is 0 Å². The third-order valence-corrected chi connectivity index (χ3v) is 5.69. The molecule has 1 fully saturated rings. The van der Waals surface area contributed by atoms with Crippen LogP contribution in [0.1, 0.15) is 48.3 Å². The van der Waals surface area contributed by atoms with E-state index in [4.69, 9.17) is 14.5 Å². The maximum Gasteiger partial charge on any atom is 0.272 e. The van der Waals surface area contributed by atoms with Crippen LogP contribution < -0.4 is 14.4 Å². The maximum absolute atomic E-state index is 12.7. The van der Waals surface area contributed by atoms with Gasteiger partial charge >= 0.3 is 0 Å². The molecule has 6 nitrogen and oxygen atoms in total. The molecule has 2 aliphatic rings. The fourth-order valence-corrected chi connectivity index (χ4v) is 4.28. The molecule has 0 N–H and O–H groups in total. The van der Waals surface area contributed by atoms with Crippen molar-refractivity contribution in [2.45, 2.75) is 44.1 Å². The minimum Gasteiger partial charge on any atom is -0.493 e. The quantitative estimate of drug-likeness (QED) is 0.710. The Labute approximate surface area is 175 Å². The number of ether oxygens (including phenoxy) is 2. The monoisotopic (exact) mass is 416 g/mol. The Morgan fingerprint density at radius 1 is 1.10 bits per heavy atom. The fourth-order valence-electron chi connectivity index (χ4n) is 4.28. The molecule has 1 aromatic heterocycles. The van der Waals surface area contributed by atoms with Crippen molar-refractivity contribution < 1.29 is 18.3 Å². The molecule has 160 valence electrons. The standard InChI is InChI=1S/C22H26F2N4O2/c1-28(2)22-25-10-13(11-26-22)21-16-9-18(29-3)19(30-12-20(23)24)8-15(16)14-6-4-5-7-17(14)27-21/h8-11,14,17,20H,4-7,12H2,1-3H3. The Kier molecular flexibility index (Phi) is 5.83. The molecule has 30 heavy (non-hydrogen) atoms. The molecule has 2 heterocycles. The normalized spacial score (nSPS) is 20.3. The van der Waals surface area contributed by atoms with E-state index >= 15 is 0 Å². The molecule has 0 saturated heterocycles. The molecule has 2 unspecified atom stereocenters. The Bertz CT molecular complexity index is 931. The minimum atomic E-state index is -2.54. The number of rotatable bonds is 6. The highest BCUT2D eigenvalue weighted by Gasteiger charge is 2.35. The van der Waals surface area contributed by atoms with E-state index in [1.165, 1.54) is 7.11 Å². The number of nitrogens with zero attached hydrogens (tertiary/aromatic N) is 4. The van der Waals surface area contributed by atoms with Crippen LogP contribution in [0.15, 0.2) is 29.5 Å². The zero-order chi connectivity index (χ0) is 21.3. The van der Waals surface area contributed by atoms with Gasteiger partial charge in [0.05, 0.1) is 18.9 Å². The summed E-state index contributed by atoms with van der Waals surface area (Å²) in [5.74, 6) is 1.64. The molecule has 2 atom stereocenters. The molecule has 8 heteroatoms. The van der Waals surface area contributed by atoms with Gasteiger partial charge in [0, 0.05) is 43.5 Å². The average Bonchev–Trinajstić information content (AvgIpc) is 2.76. The van der Waals surface area contributed by atoms with E-state index in [0.29, 0.717) is 17.4 Å². The largest absolute Gasteiger partial charge is 0.493 e. The lowest BCUT2D eigenvalue weighted by atomic mass is 9.75. The van der Waals surface area contributed by atoms with Crippen LogP contribution in [0.25, 0.3) is 0 Å². The highest BCUT2D eigenvalue weighted by atomic mass is 19.3. The minimum absolute atomic E-state index is 0.158. The number of alkyl halides is 2. The van der Waals surface area contributed by atoms with Crippen LogP contribution in [0.4, 0.5) is 14.7 Å². The van der Waals surface area contributed by atoms with E-state index in [0.717, 1.165) is 48.1 Å². The molecule has 0 spiro atoms. The van der Waals surface area contributed by atoms with Crippen molar-refractivity contribution in [3.05, 3.63) is 41.2 Å². The van der Waals surface area contributed by atoms with Gasteiger partial charge in [-0.2, -0.15) is 0 Å². The van der Waals surface area contributed by atoms with Gasteiger partial charge in [0.15, 0.2) is 11.5 Å².